The van der Waals surface area contributed by atoms with Crippen molar-refractivity contribution in [2.45, 2.75) is 44.2 Å². The summed E-state index contributed by atoms with van der Waals surface area (Å²) in [6, 6.07) is 1.89. The molecule has 0 spiro atoms. The molecule has 29 heavy (non-hydrogen) atoms. The molecule has 1 aliphatic heterocycles. The van der Waals surface area contributed by atoms with E-state index in [0.717, 1.165) is 6.42 Å². The topological polar surface area (TPSA) is 38.0 Å². The first-order valence-electron chi connectivity index (χ1n) is 9.09. The molecular weight excluding hydrogens is 394 g/mol. The number of allylic oxidation sites excluding steroid dienone is 4. The van der Waals surface area contributed by atoms with Crippen LogP contribution in [0.1, 0.15) is 36.0 Å². The van der Waals surface area contributed by atoms with Gasteiger partial charge in [-0.2, -0.15) is 26.3 Å². The minimum Gasteiger partial charge on any atom is -0.326 e. The maximum atomic E-state index is 12.3. The Morgan fingerprint density at radius 3 is 2.17 bits per heavy atom. The molecule has 8 heteroatoms. The van der Waals surface area contributed by atoms with E-state index in [2.05, 4.69) is 29.3 Å². The van der Waals surface area contributed by atoms with Crippen LogP contribution in [0.4, 0.5) is 26.3 Å². The van der Waals surface area contributed by atoms with Crippen LogP contribution in [0.5, 0.6) is 0 Å². The fourth-order valence-electron chi connectivity index (χ4n) is 3.00. The van der Waals surface area contributed by atoms with Crippen molar-refractivity contribution in [2.24, 2.45) is 5.73 Å². The van der Waals surface area contributed by atoms with Crippen LogP contribution in [0.2, 0.25) is 0 Å². The normalized spacial score (nSPS) is 22.2. The van der Waals surface area contributed by atoms with Gasteiger partial charge in [-0.3, -0.25) is 0 Å². The minimum absolute atomic E-state index is 0.0686. The van der Waals surface area contributed by atoms with Crippen LogP contribution >= 0.6 is 0 Å². The lowest BCUT2D eigenvalue weighted by molar-refractivity contribution is -0.143. The summed E-state index contributed by atoms with van der Waals surface area (Å²) in [4.78, 5) is 0. The van der Waals surface area contributed by atoms with E-state index < -0.39 is 23.5 Å². The van der Waals surface area contributed by atoms with Gasteiger partial charge in [0.05, 0.1) is 11.1 Å². The molecule has 1 aliphatic carbocycles. The molecule has 1 aromatic carbocycles. The van der Waals surface area contributed by atoms with Crippen LogP contribution in [0.15, 0.2) is 59.9 Å². The number of nitrogens with one attached hydrogen (secondary N) is 1. The summed E-state index contributed by atoms with van der Waals surface area (Å²) >= 11 is 0. The van der Waals surface area contributed by atoms with Crippen LogP contribution in [0, 0.1) is 0 Å². The summed E-state index contributed by atoms with van der Waals surface area (Å²) in [7, 11) is 0. The molecule has 1 atom stereocenters. The number of halogens is 6. The minimum atomic E-state index is -4.81. The maximum Gasteiger partial charge on any atom is 0.416 e. The number of hydrogen-bond donors (Lipinski definition) is 2. The molecule has 3 N–H and O–H groups in total. The van der Waals surface area contributed by atoms with Crippen molar-refractivity contribution < 1.29 is 26.3 Å². The maximum absolute atomic E-state index is 12.3. The van der Waals surface area contributed by atoms with Gasteiger partial charge in [0.2, 0.25) is 0 Å². The number of rotatable bonds is 2. The van der Waals surface area contributed by atoms with E-state index in [4.69, 9.17) is 5.73 Å². The first-order chi connectivity index (χ1) is 13.6. The van der Waals surface area contributed by atoms with E-state index in [9.17, 15) is 26.3 Å². The fourth-order valence-corrected chi connectivity index (χ4v) is 3.00. The molecule has 0 unspecified atom stereocenters. The van der Waals surface area contributed by atoms with Gasteiger partial charge in [-0.1, -0.05) is 18.2 Å². The summed E-state index contributed by atoms with van der Waals surface area (Å²) in [5, 5.41) is 3.51. The predicted molar refractivity (Wildman–Crippen MR) is 99.9 cm³/mol. The van der Waals surface area contributed by atoms with Crippen molar-refractivity contribution in [3.63, 3.8) is 0 Å². The molecule has 1 saturated heterocycles. The molecule has 3 rings (SSSR count). The van der Waals surface area contributed by atoms with Crippen molar-refractivity contribution in [2.75, 3.05) is 6.54 Å². The number of benzene rings is 1. The highest BCUT2D eigenvalue weighted by Crippen LogP contribution is 2.36. The molecule has 0 aromatic heterocycles. The molecule has 2 nitrogen and oxygen atoms in total. The zero-order valence-electron chi connectivity index (χ0n) is 15.6. The highest BCUT2D eigenvalue weighted by atomic mass is 19.4. The molecule has 158 valence electrons. The van der Waals surface area contributed by atoms with Gasteiger partial charge in [0, 0.05) is 12.6 Å². The second-order valence-corrected chi connectivity index (χ2v) is 6.64. The lowest BCUT2D eigenvalue weighted by Gasteiger charge is -2.13. The second-order valence-electron chi connectivity index (χ2n) is 6.64. The lowest BCUT2D eigenvalue weighted by atomic mass is 10.0. The van der Waals surface area contributed by atoms with Crippen LogP contribution in [0.3, 0.4) is 0 Å². The zero-order valence-corrected chi connectivity index (χ0v) is 15.6. The van der Waals surface area contributed by atoms with Crippen molar-refractivity contribution in [3.8, 4) is 0 Å². The van der Waals surface area contributed by atoms with E-state index in [-0.39, 0.29) is 18.2 Å². The van der Waals surface area contributed by atoms with Gasteiger partial charge in [0.1, 0.15) is 0 Å². The van der Waals surface area contributed by atoms with Gasteiger partial charge >= 0.3 is 12.4 Å². The molecule has 1 aromatic rings. The molecular formula is C21H22F6N2. The van der Waals surface area contributed by atoms with Crippen molar-refractivity contribution in [1.82, 2.24) is 5.32 Å². The Hall–Kier alpha value is -2.28. The first-order valence-corrected chi connectivity index (χ1v) is 9.09. The van der Waals surface area contributed by atoms with Crippen LogP contribution < -0.4 is 11.1 Å². The number of hydrogen-bond acceptors (Lipinski definition) is 2. The van der Waals surface area contributed by atoms with Gasteiger partial charge in [0.15, 0.2) is 0 Å². The molecule has 0 saturated carbocycles. The van der Waals surface area contributed by atoms with Crippen molar-refractivity contribution >= 4 is 0 Å². The smallest absolute Gasteiger partial charge is 0.326 e. The summed E-state index contributed by atoms with van der Waals surface area (Å²) in [6.45, 7) is 0.790. The van der Waals surface area contributed by atoms with E-state index in [1.807, 2.05) is 12.2 Å². The van der Waals surface area contributed by atoms with E-state index >= 15 is 0 Å². The molecule has 0 bridgehead atoms. The summed E-state index contributed by atoms with van der Waals surface area (Å²) in [5.41, 5.74) is 6.74. The molecule has 1 fully saturated rings. The Kier molecular flexibility index (Phi) is 7.90. The van der Waals surface area contributed by atoms with Crippen molar-refractivity contribution in [3.05, 3.63) is 76.6 Å². The fraction of sp³-hybridized carbons (Fsp3) is 0.381. The SMILES string of the molecule is C1=C/C=C\C/C([C@H]2CCCN2)=C\C=1.NCc1cc(C(F)(F)F)cc(C(F)(F)F)c1. The largest absolute Gasteiger partial charge is 0.416 e. The molecule has 0 amide bonds. The summed E-state index contributed by atoms with van der Waals surface area (Å²) in [6.07, 6.45) is 4.48. The highest BCUT2D eigenvalue weighted by Gasteiger charge is 2.36. The number of alkyl halides is 6. The van der Waals surface area contributed by atoms with Gasteiger partial charge in [-0.05, 0) is 67.3 Å². The lowest BCUT2D eigenvalue weighted by Crippen LogP contribution is -2.23. The Morgan fingerprint density at radius 1 is 1.00 bits per heavy atom. The third kappa shape index (κ3) is 7.24. The van der Waals surface area contributed by atoms with E-state index in [1.165, 1.54) is 25.0 Å². The average molecular weight is 416 g/mol. The Bertz CT molecular complexity index is 773. The van der Waals surface area contributed by atoms with E-state index in [0.29, 0.717) is 18.2 Å². The quantitative estimate of drug-likeness (QED) is 0.492. The van der Waals surface area contributed by atoms with Crippen LogP contribution in [-0.4, -0.2) is 12.6 Å². The average Bonchev–Trinajstić information content (AvgIpc) is 3.14. The van der Waals surface area contributed by atoms with Crippen molar-refractivity contribution in [1.29, 1.82) is 0 Å². The van der Waals surface area contributed by atoms with Gasteiger partial charge < -0.3 is 11.1 Å². The first kappa shape index (κ1) is 23.0. The predicted octanol–water partition coefficient (Wildman–Crippen LogP) is 5.52. The highest BCUT2D eigenvalue weighted by molar-refractivity contribution is 5.33. The molecule has 2 aliphatic rings. The van der Waals surface area contributed by atoms with Gasteiger partial charge in [-0.25, -0.2) is 0 Å². The Labute approximate surface area is 165 Å². The Morgan fingerprint density at radius 2 is 1.66 bits per heavy atom. The standard InChI is InChI=1S/C12H15N.C9H7F6N/c1-2-4-7-11(8-5-3-1)12-9-6-10-13-12;10-8(11,12)6-1-5(4-16)2-7(3-6)9(13,14)15/h1-2,4-5,8,12-13H,6-7,9-10H2;1-3H,4,16H2/b4-2-,11-8+;/t3?,12-;/m1./s1. The molecule has 1 heterocycles. The summed E-state index contributed by atoms with van der Waals surface area (Å²) in [5.74, 6) is 0. The van der Waals surface area contributed by atoms with E-state index in [1.54, 1.807) is 0 Å². The number of nitrogens with two attached hydrogens (primary N) is 1. The van der Waals surface area contributed by atoms with Gasteiger partial charge in [0.25, 0.3) is 0 Å². The van der Waals surface area contributed by atoms with Crippen LogP contribution in [-0.2, 0) is 18.9 Å². The summed E-state index contributed by atoms with van der Waals surface area (Å²) < 4.78 is 73.6. The Balaban J connectivity index is 0.000000211. The third-order valence-corrected chi connectivity index (χ3v) is 4.47. The monoisotopic (exact) mass is 416 g/mol. The van der Waals surface area contributed by atoms with Crippen LogP contribution in [0.25, 0.3) is 0 Å². The third-order valence-electron chi connectivity index (χ3n) is 4.47. The second kappa shape index (κ2) is 9.96. The zero-order chi connectivity index (χ0) is 21.5. The molecule has 0 radical (unpaired) electrons. The van der Waals surface area contributed by atoms with Gasteiger partial charge in [-0.15, -0.1) is 5.73 Å².